The minimum absolute atomic E-state index is 0.0640. The molecule has 1 atom stereocenters. The molecule has 0 saturated heterocycles. The van der Waals surface area contributed by atoms with E-state index in [0.717, 1.165) is 0 Å². The normalized spacial score (nSPS) is 15.8. The van der Waals surface area contributed by atoms with Crippen molar-refractivity contribution >= 4 is 37.7 Å². The molecule has 0 heterocycles. The molecular formula is C10H27N2PSeSi2. The first-order valence-electron chi connectivity index (χ1n) is 5.75. The molecule has 0 spiro atoms. The van der Waals surface area contributed by atoms with Gasteiger partial charge in [0.2, 0.25) is 0 Å². The Morgan fingerprint density at radius 3 is 1.44 bits per heavy atom. The van der Waals surface area contributed by atoms with E-state index in [-0.39, 0.29) is 5.54 Å². The minimum atomic E-state index is -1.29. The van der Waals surface area contributed by atoms with E-state index in [4.69, 9.17) is 4.74 Å². The number of hydrogen-bond acceptors (Lipinski definition) is 1. The van der Waals surface area contributed by atoms with E-state index >= 15 is 0 Å². The third-order valence-electron chi connectivity index (χ3n) is 1.83. The molecule has 1 unspecified atom stereocenters. The van der Waals surface area contributed by atoms with Gasteiger partial charge in [-0.25, -0.2) is 0 Å². The molecule has 0 aliphatic carbocycles. The van der Waals surface area contributed by atoms with Crippen LogP contribution in [0.3, 0.4) is 0 Å². The number of rotatable bonds is 3. The SMILES string of the molecule is CC(C)(C)N=P(=[Se])N([Si](C)(C)C)[Si](C)(C)C. The Morgan fingerprint density at radius 2 is 1.25 bits per heavy atom. The molecule has 96 valence electrons. The molecule has 0 aliphatic heterocycles. The predicted octanol–water partition coefficient (Wildman–Crippen LogP) is 4.42. The number of nitrogens with zero attached hydrogens (tertiary/aromatic N) is 2. The van der Waals surface area contributed by atoms with Crippen LogP contribution in [0.4, 0.5) is 0 Å². The summed E-state index contributed by atoms with van der Waals surface area (Å²) in [4.78, 5) is 0. The van der Waals surface area contributed by atoms with Gasteiger partial charge in [0.25, 0.3) is 0 Å². The predicted molar refractivity (Wildman–Crippen MR) is 83.4 cm³/mol. The topological polar surface area (TPSA) is 15.6 Å². The van der Waals surface area contributed by atoms with Crippen molar-refractivity contribution in [1.29, 1.82) is 0 Å². The van der Waals surface area contributed by atoms with Crippen LogP contribution < -0.4 is 0 Å². The van der Waals surface area contributed by atoms with Crippen LogP contribution in [-0.4, -0.2) is 41.1 Å². The van der Waals surface area contributed by atoms with E-state index in [9.17, 15) is 0 Å². The van der Waals surface area contributed by atoms with Crippen LogP contribution in [0.15, 0.2) is 4.74 Å². The summed E-state index contributed by atoms with van der Waals surface area (Å²) in [5.74, 6) is 0. The van der Waals surface area contributed by atoms with Crippen molar-refractivity contribution in [3.8, 4) is 0 Å². The molecular weight excluding hydrogens is 314 g/mol. The zero-order chi connectivity index (χ0) is 13.4. The summed E-state index contributed by atoms with van der Waals surface area (Å²) >= 11 is 3.34. The van der Waals surface area contributed by atoms with Gasteiger partial charge in [0.1, 0.15) is 0 Å². The Morgan fingerprint density at radius 1 is 0.938 bits per heavy atom. The summed E-state index contributed by atoms with van der Waals surface area (Å²) < 4.78 is 7.71. The first kappa shape index (κ1) is 17.0. The Bertz CT molecular complexity index is 303. The fraction of sp³-hybridized carbons (Fsp3) is 1.00. The summed E-state index contributed by atoms with van der Waals surface area (Å²) in [6, 6.07) is 0. The third-order valence-corrected chi connectivity index (χ3v) is 17.7. The van der Waals surface area contributed by atoms with Crippen molar-refractivity contribution in [2.45, 2.75) is 65.6 Å². The van der Waals surface area contributed by atoms with Crippen molar-refractivity contribution in [3.05, 3.63) is 0 Å². The van der Waals surface area contributed by atoms with Crippen molar-refractivity contribution in [1.82, 2.24) is 4.00 Å². The van der Waals surface area contributed by atoms with Crippen LogP contribution in [0.5, 0.6) is 0 Å². The summed E-state index contributed by atoms with van der Waals surface area (Å²) in [5, 5.41) is 0. The zero-order valence-corrected chi connectivity index (χ0v) is 16.9. The Balaban J connectivity index is 5.43. The molecule has 0 bridgehead atoms. The van der Waals surface area contributed by atoms with Gasteiger partial charge in [0, 0.05) is 0 Å². The molecule has 0 amide bonds. The van der Waals surface area contributed by atoms with Crippen molar-refractivity contribution < 1.29 is 0 Å². The molecule has 0 saturated carbocycles. The van der Waals surface area contributed by atoms with E-state index in [1.807, 2.05) is 0 Å². The summed E-state index contributed by atoms with van der Waals surface area (Å²) in [6.07, 6.45) is -0.451. The van der Waals surface area contributed by atoms with Crippen LogP contribution in [0, 0.1) is 0 Å². The van der Waals surface area contributed by atoms with Crippen LogP contribution in [-0.2, 0) is 0 Å². The standard InChI is InChI=1S/C10H27N2PSeSi2/c1-10(2,3)11-13(14)12(15(4,5)6)16(7,8)9/h1-9H3. The van der Waals surface area contributed by atoms with Crippen LogP contribution in [0.1, 0.15) is 20.8 Å². The van der Waals surface area contributed by atoms with Gasteiger partial charge in [0.05, 0.1) is 0 Å². The first-order chi connectivity index (χ1) is 6.75. The molecule has 6 heteroatoms. The second kappa shape index (κ2) is 5.33. The van der Waals surface area contributed by atoms with Gasteiger partial charge in [-0.2, -0.15) is 0 Å². The maximum atomic E-state index is 4.95. The second-order valence-electron chi connectivity index (χ2n) is 7.18. The van der Waals surface area contributed by atoms with Gasteiger partial charge in [-0.05, 0) is 0 Å². The van der Waals surface area contributed by atoms with Crippen LogP contribution >= 0.6 is 6.11 Å². The second-order valence-corrected chi connectivity index (χ2v) is 21.1. The Kier molecular flexibility index (Phi) is 5.67. The quantitative estimate of drug-likeness (QED) is 0.548. The average Bonchev–Trinajstić information content (AvgIpc) is 1.70. The van der Waals surface area contributed by atoms with Gasteiger partial charge in [-0.3, -0.25) is 0 Å². The molecule has 0 fully saturated rings. The van der Waals surface area contributed by atoms with Gasteiger partial charge >= 0.3 is 112 Å². The molecule has 16 heavy (non-hydrogen) atoms. The van der Waals surface area contributed by atoms with E-state index in [1.54, 1.807) is 0 Å². The molecule has 0 aliphatic rings. The van der Waals surface area contributed by atoms with Crippen molar-refractivity contribution in [3.63, 3.8) is 0 Å². The zero-order valence-electron chi connectivity index (χ0n) is 12.2. The first-order valence-corrected chi connectivity index (χ1v) is 16.1. The fourth-order valence-corrected chi connectivity index (χ4v) is 25.6. The van der Waals surface area contributed by atoms with Crippen molar-refractivity contribution in [2.24, 2.45) is 4.74 Å². The number of hydrogen-bond donors (Lipinski definition) is 0. The van der Waals surface area contributed by atoms with Crippen LogP contribution in [0.25, 0.3) is 0 Å². The monoisotopic (exact) mass is 342 g/mol. The van der Waals surface area contributed by atoms with E-state index < -0.39 is 22.6 Å². The molecule has 0 radical (unpaired) electrons. The summed E-state index contributed by atoms with van der Waals surface area (Å²) in [6.45, 7) is 21.1. The molecule has 0 N–H and O–H groups in total. The molecule has 0 rings (SSSR count). The molecule has 0 aromatic rings. The molecule has 0 aromatic heterocycles. The van der Waals surface area contributed by atoms with Crippen LogP contribution in [0.2, 0.25) is 39.3 Å². The van der Waals surface area contributed by atoms with E-state index in [1.165, 1.54) is 0 Å². The van der Waals surface area contributed by atoms with Gasteiger partial charge in [-0.15, -0.1) is 0 Å². The fourth-order valence-electron chi connectivity index (χ4n) is 1.82. The van der Waals surface area contributed by atoms with Gasteiger partial charge in [-0.1, -0.05) is 0 Å². The summed E-state index contributed by atoms with van der Waals surface area (Å²) in [7, 11) is -2.57. The van der Waals surface area contributed by atoms with Gasteiger partial charge in [0.15, 0.2) is 0 Å². The molecule has 0 aromatic carbocycles. The Labute approximate surface area is 112 Å². The Hall–Kier alpha value is 1.01. The van der Waals surface area contributed by atoms with Gasteiger partial charge < -0.3 is 0 Å². The molecule has 2 nitrogen and oxygen atoms in total. The maximum absolute atomic E-state index is 4.95. The van der Waals surface area contributed by atoms with E-state index in [2.05, 4.69) is 79.2 Å². The van der Waals surface area contributed by atoms with Crippen molar-refractivity contribution in [2.75, 3.05) is 0 Å². The average molecular weight is 341 g/mol. The third kappa shape index (κ3) is 6.08. The van der Waals surface area contributed by atoms with E-state index in [0.29, 0.717) is 0 Å². The summed E-state index contributed by atoms with van der Waals surface area (Å²) in [5.41, 5.74) is 0.0640.